The summed E-state index contributed by atoms with van der Waals surface area (Å²) in [6.07, 6.45) is 1.85. The number of fused-ring (bicyclic) bond motifs is 1. The third kappa shape index (κ3) is 5.45. The van der Waals surface area contributed by atoms with Crippen molar-refractivity contribution in [2.75, 3.05) is 32.8 Å². The maximum atomic E-state index is 5.75. The molecule has 0 saturated heterocycles. The van der Waals surface area contributed by atoms with Gasteiger partial charge in [0.2, 0.25) is 0 Å². The van der Waals surface area contributed by atoms with E-state index in [1.54, 1.807) is 0 Å². The number of benzene rings is 1. The molecule has 0 saturated carbocycles. The first-order valence-electron chi connectivity index (χ1n) is 7.58. The summed E-state index contributed by atoms with van der Waals surface area (Å²) in [6.45, 7) is 8.66. The van der Waals surface area contributed by atoms with Crippen molar-refractivity contribution >= 4 is 34.0 Å². The summed E-state index contributed by atoms with van der Waals surface area (Å²) < 4.78 is 6.78. The second-order valence-corrected chi connectivity index (χ2v) is 5.91. The van der Waals surface area contributed by atoms with Gasteiger partial charge >= 0.3 is 0 Å². The van der Waals surface area contributed by atoms with Crippen molar-refractivity contribution in [2.24, 2.45) is 5.16 Å². The number of oxime groups is 1. The molecule has 1 aliphatic rings. The fourth-order valence-corrected chi connectivity index (χ4v) is 2.70. The molecule has 0 unspecified atom stereocenters. The molecule has 1 aromatic carbocycles. The van der Waals surface area contributed by atoms with Gasteiger partial charge in [0, 0.05) is 16.6 Å². The van der Waals surface area contributed by atoms with Gasteiger partial charge in [0.05, 0.1) is 12.3 Å². The zero-order valence-corrected chi connectivity index (χ0v) is 15.6. The van der Waals surface area contributed by atoms with Crippen molar-refractivity contribution in [1.29, 1.82) is 0 Å². The third-order valence-corrected chi connectivity index (χ3v) is 4.13. The Labute approximate surface area is 147 Å². The SMILES string of the molecule is CCN(CC)CCO/N=C1/CCCOc2ccc(Br)cc21.Cl. The van der Waals surface area contributed by atoms with Crippen LogP contribution in [-0.4, -0.2) is 43.5 Å². The van der Waals surface area contributed by atoms with E-state index >= 15 is 0 Å². The molecule has 0 spiro atoms. The minimum absolute atomic E-state index is 0. The van der Waals surface area contributed by atoms with Gasteiger partial charge in [0.15, 0.2) is 0 Å². The molecule has 1 aliphatic heterocycles. The lowest BCUT2D eigenvalue weighted by Crippen LogP contribution is -2.26. The molecular weight excluding hydrogens is 368 g/mol. The second kappa shape index (κ2) is 10.1. The molecule has 124 valence electrons. The van der Waals surface area contributed by atoms with Crippen LogP contribution in [0.2, 0.25) is 0 Å². The van der Waals surface area contributed by atoms with E-state index in [2.05, 4.69) is 39.8 Å². The van der Waals surface area contributed by atoms with Crippen LogP contribution < -0.4 is 4.74 Å². The van der Waals surface area contributed by atoms with Crippen LogP contribution >= 0.6 is 28.3 Å². The van der Waals surface area contributed by atoms with Gasteiger partial charge in [-0.25, -0.2) is 0 Å². The van der Waals surface area contributed by atoms with Gasteiger partial charge < -0.3 is 14.5 Å². The summed E-state index contributed by atoms with van der Waals surface area (Å²) in [5.41, 5.74) is 2.01. The van der Waals surface area contributed by atoms with Crippen molar-refractivity contribution in [2.45, 2.75) is 26.7 Å². The number of ether oxygens (including phenoxy) is 1. The average Bonchev–Trinajstić information content (AvgIpc) is 2.69. The largest absolute Gasteiger partial charge is 0.493 e. The summed E-state index contributed by atoms with van der Waals surface area (Å²) in [7, 11) is 0. The van der Waals surface area contributed by atoms with Gasteiger partial charge in [0.1, 0.15) is 12.4 Å². The summed E-state index contributed by atoms with van der Waals surface area (Å²) in [5, 5.41) is 4.36. The quantitative estimate of drug-likeness (QED) is 0.540. The zero-order valence-electron chi connectivity index (χ0n) is 13.2. The molecule has 22 heavy (non-hydrogen) atoms. The van der Waals surface area contributed by atoms with E-state index in [-0.39, 0.29) is 12.4 Å². The number of halogens is 2. The molecule has 0 atom stereocenters. The summed E-state index contributed by atoms with van der Waals surface area (Å²) in [4.78, 5) is 7.86. The maximum Gasteiger partial charge on any atom is 0.129 e. The third-order valence-electron chi connectivity index (χ3n) is 3.64. The predicted molar refractivity (Wildman–Crippen MR) is 96.4 cm³/mol. The average molecular weight is 392 g/mol. The lowest BCUT2D eigenvalue weighted by Gasteiger charge is -2.16. The van der Waals surface area contributed by atoms with Crippen LogP contribution in [0.25, 0.3) is 0 Å². The van der Waals surface area contributed by atoms with E-state index in [0.717, 1.165) is 60.6 Å². The molecule has 0 fully saturated rings. The van der Waals surface area contributed by atoms with Crippen LogP contribution in [0.5, 0.6) is 5.75 Å². The van der Waals surface area contributed by atoms with Crippen molar-refractivity contribution in [3.63, 3.8) is 0 Å². The fourth-order valence-electron chi connectivity index (χ4n) is 2.34. The lowest BCUT2D eigenvalue weighted by atomic mass is 10.1. The maximum absolute atomic E-state index is 5.75. The van der Waals surface area contributed by atoms with Crippen LogP contribution in [0.3, 0.4) is 0 Å². The molecule has 2 rings (SSSR count). The van der Waals surface area contributed by atoms with Gasteiger partial charge in [-0.2, -0.15) is 0 Å². The first kappa shape index (κ1) is 19.3. The topological polar surface area (TPSA) is 34.1 Å². The fraction of sp³-hybridized carbons (Fsp3) is 0.562. The number of rotatable bonds is 6. The zero-order chi connectivity index (χ0) is 15.1. The molecule has 1 heterocycles. The predicted octanol–water partition coefficient (Wildman–Crippen LogP) is 4.11. The molecule has 6 heteroatoms. The van der Waals surface area contributed by atoms with Gasteiger partial charge in [-0.05, 0) is 44.1 Å². The lowest BCUT2D eigenvalue weighted by molar-refractivity contribution is 0.114. The van der Waals surface area contributed by atoms with Crippen molar-refractivity contribution in [1.82, 2.24) is 4.90 Å². The molecule has 0 N–H and O–H groups in total. The Morgan fingerprint density at radius 1 is 1.32 bits per heavy atom. The molecule has 0 amide bonds. The summed E-state index contributed by atoms with van der Waals surface area (Å²) >= 11 is 3.50. The van der Waals surface area contributed by atoms with Gasteiger partial charge in [0.25, 0.3) is 0 Å². The normalized spacial score (nSPS) is 15.7. The highest BCUT2D eigenvalue weighted by molar-refractivity contribution is 9.10. The number of hydrogen-bond donors (Lipinski definition) is 0. The highest BCUT2D eigenvalue weighted by Gasteiger charge is 2.16. The Morgan fingerprint density at radius 3 is 2.82 bits per heavy atom. The highest BCUT2D eigenvalue weighted by Crippen LogP contribution is 2.27. The van der Waals surface area contributed by atoms with Crippen molar-refractivity contribution < 1.29 is 9.57 Å². The second-order valence-electron chi connectivity index (χ2n) is 4.99. The molecule has 0 aliphatic carbocycles. The van der Waals surface area contributed by atoms with Crippen molar-refractivity contribution in [3.8, 4) is 5.75 Å². The van der Waals surface area contributed by atoms with E-state index in [1.807, 2.05) is 18.2 Å². The van der Waals surface area contributed by atoms with E-state index in [4.69, 9.17) is 9.57 Å². The Bertz CT molecular complexity index is 493. The summed E-state index contributed by atoms with van der Waals surface area (Å²) in [5.74, 6) is 0.891. The van der Waals surface area contributed by atoms with Gasteiger partial charge in [-0.15, -0.1) is 12.4 Å². The molecule has 4 nitrogen and oxygen atoms in total. The first-order chi connectivity index (χ1) is 10.2. The van der Waals surface area contributed by atoms with E-state index in [1.165, 1.54) is 0 Å². The smallest absolute Gasteiger partial charge is 0.129 e. The van der Waals surface area contributed by atoms with Crippen LogP contribution in [0.1, 0.15) is 32.3 Å². The van der Waals surface area contributed by atoms with Gasteiger partial charge in [-0.1, -0.05) is 34.9 Å². The van der Waals surface area contributed by atoms with Crippen molar-refractivity contribution in [3.05, 3.63) is 28.2 Å². The number of likely N-dealkylation sites (N-methyl/N-ethyl adjacent to an activating group) is 1. The molecule has 1 aromatic rings. The summed E-state index contributed by atoms with van der Waals surface area (Å²) in [6, 6.07) is 6.02. The number of hydrogen-bond acceptors (Lipinski definition) is 4. The molecule has 0 radical (unpaired) electrons. The highest BCUT2D eigenvalue weighted by atomic mass is 79.9. The van der Waals surface area contributed by atoms with Crippen LogP contribution in [0.15, 0.2) is 27.8 Å². The van der Waals surface area contributed by atoms with E-state index < -0.39 is 0 Å². The Hall–Kier alpha value is -0.780. The standard InChI is InChI=1S/C16H23BrN2O2.ClH/c1-3-19(4-2)9-11-21-18-15-6-5-10-20-16-8-7-13(17)12-14(15)16;/h7-8,12H,3-6,9-11H2,1-2H3;1H/b18-15-;. The minimum Gasteiger partial charge on any atom is -0.493 e. The first-order valence-corrected chi connectivity index (χ1v) is 8.37. The number of nitrogens with zero attached hydrogens (tertiary/aromatic N) is 2. The Balaban J connectivity index is 0.00000242. The van der Waals surface area contributed by atoms with Crippen LogP contribution in [0.4, 0.5) is 0 Å². The molecule has 0 bridgehead atoms. The van der Waals surface area contributed by atoms with Crippen LogP contribution in [0, 0.1) is 0 Å². The van der Waals surface area contributed by atoms with Gasteiger partial charge in [-0.3, -0.25) is 0 Å². The van der Waals surface area contributed by atoms with E-state index in [9.17, 15) is 0 Å². The minimum atomic E-state index is 0. The van der Waals surface area contributed by atoms with Crippen LogP contribution in [-0.2, 0) is 4.84 Å². The Morgan fingerprint density at radius 2 is 2.09 bits per heavy atom. The molecule has 0 aromatic heterocycles. The molecular formula is C16H24BrClN2O2. The monoisotopic (exact) mass is 390 g/mol. The van der Waals surface area contributed by atoms with E-state index in [0.29, 0.717) is 6.61 Å². The Kier molecular flexibility index (Phi) is 8.83.